The minimum Gasteiger partial charge on any atom is -0.345 e. The molecule has 1 atom stereocenters. The van der Waals surface area contributed by atoms with Gasteiger partial charge < -0.3 is 10.6 Å². The van der Waals surface area contributed by atoms with Crippen LogP contribution in [0.4, 0.5) is 0 Å². The van der Waals surface area contributed by atoms with Crippen molar-refractivity contribution in [2.75, 3.05) is 6.54 Å². The highest BCUT2D eigenvalue weighted by molar-refractivity contribution is 6.35. The van der Waals surface area contributed by atoms with Crippen molar-refractivity contribution in [3.63, 3.8) is 0 Å². The van der Waals surface area contributed by atoms with Gasteiger partial charge in [0.25, 0.3) is 0 Å². The third-order valence-electron chi connectivity index (χ3n) is 1.60. The number of nitrogens with one attached hydrogen (secondary N) is 2. The lowest BCUT2D eigenvalue weighted by molar-refractivity contribution is -0.139. The molecule has 1 unspecified atom stereocenters. The van der Waals surface area contributed by atoms with Crippen molar-refractivity contribution in [3.05, 3.63) is 12.7 Å². The Morgan fingerprint density at radius 3 is 2.54 bits per heavy atom. The average Bonchev–Trinajstić information content (AvgIpc) is 2.13. The second-order valence-corrected chi connectivity index (χ2v) is 2.78. The van der Waals surface area contributed by atoms with E-state index in [0.717, 1.165) is 6.42 Å². The Kier molecular flexibility index (Phi) is 5.59. The molecule has 0 fully saturated rings. The van der Waals surface area contributed by atoms with Gasteiger partial charge >= 0.3 is 11.8 Å². The molecule has 0 saturated heterocycles. The largest absolute Gasteiger partial charge is 0.345 e. The summed E-state index contributed by atoms with van der Waals surface area (Å²) in [6.07, 6.45) is 2.33. The SMILES string of the molecule is C=CCNC(=O)C(=O)NC(C)CC. The number of hydrogen-bond donors (Lipinski definition) is 2. The zero-order chi connectivity index (χ0) is 10.3. The molecule has 0 rings (SSSR count). The van der Waals surface area contributed by atoms with Gasteiger partial charge in [-0.3, -0.25) is 9.59 Å². The third kappa shape index (κ3) is 5.00. The van der Waals surface area contributed by atoms with Crippen LogP contribution in [0, 0.1) is 0 Å². The Balaban J connectivity index is 3.82. The predicted molar refractivity (Wildman–Crippen MR) is 51.1 cm³/mol. The lowest BCUT2D eigenvalue weighted by Crippen LogP contribution is -2.43. The fraction of sp³-hybridized carbons (Fsp3) is 0.556. The molecule has 0 aromatic rings. The monoisotopic (exact) mass is 184 g/mol. The fourth-order valence-corrected chi connectivity index (χ4v) is 0.637. The maximum absolute atomic E-state index is 11.1. The average molecular weight is 184 g/mol. The van der Waals surface area contributed by atoms with Gasteiger partial charge in [0.1, 0.15) is 0 Å². The van der Waals surface area contributed by atoms with Crippen LogP contribution in [-0.2, 0) is 9.59 Å². The van der Waals surface area contributed by atoms with Gasteiger partial charge in [0.2, 0.25) is 0 Å². The maximum Gasteiger partial charge on any atom is 0.309 e. The van der Waals surface area contributed by atoms with Gasteiger partial charge in [-0.25, -0.2) is 0 Å². The van der Waals surface area contributed by atoms with E-state index in [0.29, 0.717) is 6.54 Å². The van der Waals surface area contributed by atoms with Crippen molar-refractivity contribution >= 4 is 11.8 Å². The lowest BCUT2D eigenvalue weighted by Gasteiger charge is -2.10. The Hall–Kier alpha value is -1.32. The van der Waals surface area contributed by atoms with E-state index < -0.39 is 11.8 Å². The van der Waals surface area contributed by atoms with E-state index in [1.807, 2.05) is 13.8 Å². The first-order chi connectivity index (χ1) is 6.11. The normalized spacial score (nSPS) is 11.5. The summed E-state index contributed by atoms with van der Waals surface area (Å²) in [7, 11) is 0. The minimum absolute atomic E-state index is 0.0296. The van der Waals surface area contributed by atoms with E-state index in [2.05, 4.69) is 17.2 Å². The molecule has 4 nitrogen and oxygen atoms in total. The molecular weight excluding hydrogens is 168 g/mol. The van der Waals surface area contributed by atoms with E-state index >= 15 is 0 Å². The quantitative estimate of drug-likeness (QED) is 0.484. The Bertz CT molecular complexity index is 202. The summed E-state index contributed by atoms with van der Waals surface area (Å²) < 4.78 is 0. The highest BCUT2D eigenvalue weighted by Gasteiger charge is 2.13. The van der Waals surface area contributed by atoms with E-state index in [4.69, 9.17) is 0 Å². The standard InChI is InChI=1S/C9H16N2O2/c1-4-6-10-8(12)9(13)11-7(3)5-2/h4,7H,1,5-6H2,2-3H3,(H,10,12)(H,11,13). The van der Waals surface area contributed by atoms with Gasteiger partial charge in [-0.15, -0.1) is 6.58 Å². The molecule has 0 aliphatic rings. The zero-order valence-electron chi connectivity index (χ0n) is 8.09. The predicted octanol–water partition coefficient (Wildman–Crippen LogP) is 0.203. The van der Waals surface area contributed by atoms with Gasteiger partial charge in [-0.05, 0) is 13.3 Å². The van der Waals surface area contributed by atoms with Crippen LogP contribution in [0.5, 0.6) is 0 Å². The van der Waals surface area contributed by atoms with Gasteiger partial charge in [-0.1, -0.05) is 13.0 Å². The summed E-state index contributed by atoms with van der Waals surface area (Å²) >= 11 is 0. The highest BCUT2D eigenvalue weighted by atomic mass is 16.2. The molecule has 0 aliphatic carbocycles. The molecule has 0 aromatic heterocycles. The molecule has 0 bridgehead atoms. The summed E-state index contributed by atoms with van der Waals surface area (Å²) in [5.74, 6) is -1.20. The highest BCUT2D eigenvalue weighted by Crippen LogP contribution is 1.86. The molecular formula is C9H16N2O2. The van der Waals surface area contributed by atoms with Crippen LogP contribution < -0.4 is 10.6 Å². The number of rotatable bonds is 4. The van der Waals surface area contributed by atoms with Crippen LogP contribution in [-0.4, -0.2) is 24.4 Å². The Morgan fingerprint density at radius 2 is 2.08 bits per heavy atom. The molecule has 74 valence electrons. The fourth-order valence-electron chi connectivity index (χ4n) is 0.637. The maximum atomic E-state index is 11.1. The van der Waals surface area contributed by atoms with E-state index in [1.165, 1.54) is 6.08 Å². The van der Waals surface area contributed by atoms with Crippen LogP contribution in [0.25, 0.3) is 0 Å². The molecule has 0 radical (unpaired) electrons. The van der Waals surface area contributed by atoms with Crippen LogP contribution >= 0.6 is 0 Å². The van der Waals surface area contributed by atoms with E-state index in [9.17, 15) is 9.59 Å². The van der Waals surface area contributed by atoms with E-state index in [1.54, 1.807) is 0 Å². The number of hydrogen-bond acceptors (Lipinski definition) is 2. The number of amides is 2. The molecule has 0 saturated carbocycles. The number of carbonyl (C=O) groups is 2. The van der Waals surface area contributed by atoms with Crippen molar-refractivity contribution in [1.29, 1.82) is 0 Å². The molecule has 2 amide bonds. The van der Waals surface area contributed by atoms with Crippen LogP contribution in [0.2, 0.25) is 0 Å². The number of carbonyl (C=O) groups excluding carboxylic acids is 2. The molecule has 4 heteroatoms. The lowest BCUT2D eigenvalue weighted by atomic mass is 10.2. The van der Waals surface area contributed by atoms with Gasteiger partial charge in [0.15, 0.2) is 0 Å². The summed E-state index contributed by atoms with van der Waals surface area (Å²) in [5.41, 5.74) is 0. The topological polar surface area (TPSA) is 58.2 Å². The van der Waals surface area contributed by atoms with E-state index in [-0.39, 0.29) is 6.04 Å². The van der Waals surface area contributed by atoms with Crippen molar-refractivity contribution < 1.29 is 9.59 Å². The Morgan fingerprint density at radius 1 is 1.46 bits per heavy atom. The molecule has 13 heavy (non-hydrogen) atoms. The van der Waals surface area contributed by atoms with Gasteiger partial charge in [0, 0.05) is 12.6 Å². The van der Waals surface area contributed by atoms with Crippen molar-refractivity contribution in [3.8, 4) is 0 Å². The smallest absolute Gasteiger partial charge is 0.309 e. The van der Waals surface area contributed by atoms with Crippen molar-refractivity contribution in [1.82, 2.24) is 10.6 Å². The summed E-state index contributed by atoms with van der Waals surface area (Å²) in [5, 5.41) is 4.95. The molecule has 0 aliphatic heterocycles. The van der Waals surface area contributed by atoms with Gasteiger partial charge in [0.05, 0.1) is 0 Å². The summed E-state index contributed by atoms with van der Waals surface area (Å²) in [6.45, 7) is 7.52. The van der Waals surface area contributed by atoms with Crippen molar-refractivity contribution in [2.24, 2.45) is 0 Å². The summed E-state index contributed by atoms with van der Waals surface area (Å²) in [4.78, 5) is 22.0. The molecule has 0 spiro atoms. The minimum atomic E-state index is -0.611. The van der Waals surface area contributed by atoms with Crippen LogP contribution in [0.15, 0.2) is 12.7 Å². The summed E-state index contributed by atoms with van der Waals surface area (Å²) in [6, 6.07) is 0.0296. The first-order valence-corrected chi connectivity index (χ1v) is 4.31. The van der Waals surface area contributed by atoms with Crippen LogP contribution in [0.3, 0.4) is 0 Å². The Labute approximate surface area is 78.4 Å². The molecule has 0 aromatic carbocycles. The van der Waals surface area contributed by atoms with Gasteiger partial charge in [-0.2, -0.15) is 0 Å². The van der Waals surface area contributed by atoms with Crippen molar-refractivity contribution in [2.45, 2.75) is 26.3 Å². The van der Waals surface area contributed by atoms with Crippen LogP contribution in [0.1, 0.15) is 20.3 Å². The third-order valence-corrected chi connectivity index (χ3v) is 1.60. The second kappa shape index (κ2) is 6.22. The molecule has 0 heterocycles. The first-order valence-electron chi connectivity index (χ1n) is 4.31. The second-order valence-electron chi connectivity index (χ2n) is 2.78. The molecule has 2 N–H and O–H groups in total. The zero-order valence-corrected chi connectivity index (χ0v) is 8.09. The first kappa shape index (κ1) is 11.7.